The van der Waals surface area contributed by atoms with Gasteiger partial charge in [-0.15, -0.1) is 0 Å². The highest BCUT2D eigenvalue weighted by molar-refractivity contribution is 7.99. The lowest BCUT2D eigenvalue weighted by molar-refractivity contribution is 0.474. The van der Waals surface area contributed by atoms with Crippen molar-refractivity contribution in [2.45, 2.75) is 37.1 Å². The average molecular weight is 237 g/mol. The van der Waals surface area contributed by atoms with Gasteiger partial charge in [-0.1, -0.05) is 18.6 Å². The van der Waals surface area contributed by atoms with Crippen LogP contribution in [0.25, 0.3) is 0 Å². The van der Waals surface area contributed by atoms with E-state index in [0.717, 1.165) is 11.8 Å². The first kappa shape index (κ1) is 11.8. The van der Waals surface area contributed by atoms with Gasteiger partial charge in [-0.05, 0) is 36.8 Å². The molecule has 1 aromatic carbocycles. The molecule has 0 spiro atoms. The normalized spacial score (nSPS) is 24.8. The maximum atomic E-state index is 9.19. The van der Waals surface area contributed by atoms with E-state index >= 15 is 0 Å². The van der Waals surface area contributed by atoms with Crippen LogP contribution in [0.1, 0.15) is 24.8 Å². The van der Waals surface area contributed by atoms with Crippen LogP contribution in [0.3, 0.4) is 0 Å². The number of rotatable bonds is 4. The van der Waals surface area contributed by atoms with Crippen molar-refractivity contribution in [3.8, 4) is 5.75 Å². The minimum Gasteiger partial charge on any atom is -0.508 e. The molecule has 0 aromatic heterocycles. The molecule has 1 aliphatic rings. The average Bonchev–Trinajstić information content (AvgIpc) is 2.76. The summed E-state index contributed by atoms with van der Waals surface area (Å²) in [6, 6.07) is 8.11. The molecule has 2 nitrogen and oxygen atoms in total. The number of nitrogens with one attached hydrogen (secondary N) is 1. The first-order valence-electron chi connectivity index (χ1n) is 5.83. The van der Waals surface area contributed by atoms with Crippen LogP contribution < -0.4 is 5.32 Å². The topological polar surface area (TPSA) is 32.3 Å². The molecule has 0 amide bonds. The van der Waals surface area contributed by atoms with Crippen LogP contribution in [0.2, 0.25) is 0 Å². The Hall–Kier alpha value is -0.670. The molecule has 0 saturated heterocycles. The van der Waals surface area contributed by atoms with Gasteiger partial charge in [0.15, 0.2) is 0 Å². The number of thioether (sulfide) groups is 1. The lowest BCUT2D eigenvalue weighted by Crippen LogP contribution is -2.33. The number of phenolic OH excluding ortho intramolecular Hbond substituents is 1. The summed E-state index contributed by atoms with van der Waals surface area (Å²) in [5, 5.41) is 13.6. The number of hydrogen-bond donors (Lipinski definition) is 2. The highest BCUT2D eigenvalue weighted by Gasteiger charge is 2.25. The largest absolute Gasteiger partial charge is 0.508 e. The van der Waals surface area contributed by atoms with Gasteiger partial charge in [0.2, 0.25) is 0 Å². The zero-order valence-corrected chi connectivity index (χ0v) is 10.5. The van der Waals surface area contributed by atoms with Gasteiger partial charge in [-0.25, -0.2) is 0 Å². The van der Waals surface area contributed by atoms with E-state index in [-0.39, 0.29) is 0 Å². The second-order valence-electron chi connectivity index (χ2n) is 4.36. The standard InChI is InChI=1S/C13H19NOS/c1-16-13-4-2-3-12(13)14-9-10-5-7-11(15)8-6-10/h5-8,12-15H,2-4,9H2,1H3. The van der Waals surface area contributed by atoms with Crippen molar-refractivity contribution >= 4 is 11.8 Å². The van der Waals surface area contributed by atoms with Crippen LogP contribution in [0, 0.1) is 0 Å². The van der Waals surface area contributed by atoms with Gasteiger partial charge in [-0.2, -0.15) is 11.8 Å². The van der Waals surface area contributed by atoms with E-state index in [1.165, 1.54) is 24.8 Å². The third kappa shape index (κ3) is 2.92. The van der Waals surface area contributed by atoms with E-state index in [1.54, 1.807) is 12.1 Å². The molecule has 0 aliphatic heterocycles. The van der Waals surface area contributed by atoms with Crippen molar-refractivity contribution in [1.29, 1.82) is 0 Å². The molecule has 1 fully saturated rings. The first-order valence-corrected chi connectivity index (χ1v) is 7.12. The highest BCUT2D eigenvalue weighted by Crippen LogP contribution is 2.28. The van der Waals surface area contributed by atoms with Crippen molar-refractivity contribution in [3.05, 3.63) is 29.8 Å². The summed E-state index contributed by atoms with van der Waals surface area (Å²) in [7, 11) is 0. The number of benzene rings is 1. The van der Waals surface area contributed by atoms with Crippen LogP contribution in [0.5, 0.6) is 5.75 Å². The van der Waals surface area contributed by atoms with Gasteiger partial charge in [0, 0.05) is 17.8 Å². The second kappa shape index (κ2) is 5.60. The fourth-order valence-corrected chi connectivity index (χ4v) is 3.27. The van der Waals surface area contributed by atoms with E-state index in [4.69, 9.17) is 0 Å². The smallest absolute Gasteiger partial charge is 0.115 e. The molecular formula is C13H19NOS. The Morgan fingerprint density at radius 1 is 1.31 bits per heavy atom. The highest BCUT2D eigenvalue weighted by atomic mass is 32.2. The number of phenols is 1. The van der Waals surface area contributed by atoms with Crippen molar-refractivity contribution in [3.63, 3.8) is 0 Å². The Bertz CT molecular complexity index is 325. The van der Waals surface area contributed by atoms with E-state index in [9.17, 15) is 5.11 Å². The molecule has 2 N–H and O–H groups in total. The third-order valence-electron chi connectivity index (χ3n) is 3.26. The van der Waals surface area contributed by atoms with Crippen LogP contribution >= 0.6 is 11.8 Å². The fraction of sp³-hybridized carbons (Fsp3) is 0.538. The molecule has 0 heterocycles. The Balaban J connectivity index is 1.85. The fourth-order valence-electron chi connectivity index (χ4n) is 2.30. The molecule has 2 rings (SSSR count). The summed E-state index contributed by atoms with van der Waals surface area (Å²) in [6.45, 7) is 0.905. The van der Waals surface area contributed by atoms with Gasteiger partial charge in [-0.3, -0.25) is 0 Å². The molecule has 0 radical (unpaired) electrons. The molecule has 2 unspecified atom stereocenters. The summed E-state index contributed by atoms with van der Waals surface area (Å²) in [4.78, 5) is 0. The van der Waals surface area contributed by atoms with Crippen molar-refractivity contribution in [2.75, 3.05) is 6.26 Å². The molecule has 16 heavy (non-hydrogen) atoms. The third-order valence-corrected chi connectivity index (χ3v) is 4.43. The Morgan fingerprint density at radius 2 is 2.06 bits per heavy atom. The second-order valence-corrected chi connectivity index (χ2v) is 5.44. The van der Waals surface area contributed by atoms with Gasteiger partial charge < -0.3 is 10.4 Å². The molecule has 2 atom stereocenters. The zero-order chi connectivity index (χ0) is 11.4. The van der Waals surface area contributed by atoms with E-state index < -0.39 is 0 Å². The SMILES string of the molecule is CSC1CCCC1NCc1ccc(O)cc1. The van der Waals surface area contributed by atoms with Crippen molar-refractivity contribution in [2.24, 2.45) is 0 Å². The number of aromatic hydroxyl groups is 1. The Morgan fingerprint density at radius 3 is 2.75 bits per heavy atom. The summed E-state index contributed by atoms with van der Waals surface area (Å²) in [5.74, 6) is 0.339. The van der Waals surface area contributed by atoms with Gasteiger partial charge >= 0.3 is 0 Å². The molecular weight excluding hydrogens is 218 g/mol. The Labute approximate surface area is 101 Å². The van der Waals surface area contributed by atoms with E-state index in [2.05, 4.69) is 11.6 Å². The first-order chi connectivity index (χ1) is 7.79. The van der Waals surface area contributed by atoms with E-state index in [0.29, 0.717) is 11.8 Å². The quantitative estimate of drug-likeness (QED) is 0.844. The minimum absolute atomic E-state index is 0.339. The molecule has 3 heteroatoms. The van der Waals surface area contributed by atoms with Crippen molar-refractivity contribution < 1.29 is 5.11 Å². The molecule has 1 saturated carbocycles. The lowest BCUT2D eigenvalue weighted by Gasteiger charge is -2.19. The van der Waals surface area contributed by atoms with Gasteiger partial charge in [0.1, 0.15) is 5.75 Å². The zero-order valence-electron chi connectivity index (χ0n) is 9.65. The van der Waals surface area contributed by atoms with Crippen LogP contribution in [0.4, 0.5) is 0 Å². The lowest BCUT2D eigenvalue weighted by atomic mass is 10.2. The summed E-state index contributed by atoms with van der Waals surface area (Å²) < 4.78 is 0. The minimum atomic E-state index is 0.339. The maximum absolute atomic E-state index is 9.19. The van der Waals surface area contributed by atoms with Crippen LogP contribution in [-0.4, -0.2) is 22.7 Å². The maximum Gasteiger partial charge on any atom is 0.115 e. The molecule has 88 valence electrons. The summed E-state index contributed by atoms with van der Waals surface area (Å²) in [6.07, 6.45) is 6.18. The Kier molecular flexibility index (Phi) is 4.13. The predicted molar refractivity (Wildman–Crippen MR) is 69.9 cm³/mol. The molecule has 1 aliphatic carbocycles. The number of hydrogen-bond acceptors (Lipinski definition) is 3. The van der Waals surface area contributed by atoms with Crippen LogP contribution in [0.15, 0.2) is 24.3 Å². The summed E-state index contributed by atoms with van der Waals surface area (Å²) in [5.41, 5.74) is 1.24. The van der Waals surface area contributed by atoms with Crippen molar-refractivity contribution in [1.82, 2.24) is 5.32 Å². The van der Waals surface area contributed by atoms with Gasteiger partial charge in [0.05, 0.1) is 0 Å². The van der Waals surface area contributed by atoms with Crippen LogP contribution in [-0.2, 0) is 6.54 Å². The van der Waals surface area contributed by atoms with Gasteiger partial charge in [0.25, 0.3) is 0 Å². The monoisotopic (exact) mass is 237 g/mol. The van der Waals surface area contributed by atoms with E-state index in [1.807, 2.05) is 23.9 Å². The summed E-state index contributed by atoms with van der Waals surface area (Å²) >= 11 is 1.98. The molecule has 0 bridgehead atoms. The molecule has 1 aromatic rings. The predicted octanol–water partition coefficient (Wildman–Crippen LogP) is 2.77.